The summed E-state index contributed by atoms with van der Waals surface area (Å²) in [7, 11) is 0. The van der Waals surface area contributed by atoms with E-state index in [2.05, 4.69) is 9.97 Å². The van der Waals surface area contributed by atoms with Gasteiger partial charge in [-0.1, -0.05) is 0 Å². The molecule has 166 valence electrons. The van der Waals surface area contributed by atoms with Crippen molar-refractivity contribution >= 4 is 22.4 Å². The molecule has 0 bridgehead atoms. The number of rotatable bonds is 2. The van der Waals surface area contributed by atoms with E-state index in [-0.39, 0.29) is 30.1 Å². The van der Waals surface area contributed by atoms with Crippen molar-refractivity contribution in [3.05, 3.63) is 75.5 Å². The fraction of sp³-hybridized carbons (Fsp3) is 0.304. The average molecular weight is 441 g/mol. The number of pyridine rings is 3. The van der Waals surface area contributed by atoms with Crippen molar-refractivity contribution in [1.82, 2.24) is 14.5 Å². The Morgan fingerprint density at radius 1 is 1.03 bits per heavy atom. The first-order valence-corrected chi connectivity index (χ1v) is 10.1. The number of nitrogens with zero attached hydrogens (tertiary/aromatic N) is 3. The summed E-state index contributed by atoms with van der Waals surface area (Å²) in [6.45, 7) is 4.84. The smallest absolute Gasteiger partial charge is 0.251 e. The van der Waals surface area contributed by atoms with Crippen LogP contribution in [0.15, 0.2) is 41.5 Å². The molecule has 5 rings (SSSR count). The molecule has 7 nitrogen and oxygen atoms in total. The maximum atomic E-state index is 13.4. The molecule has 0 spiro atoms. The summed E-state index contributed by atoms with van der Waals surface area (Å²) in [6, 6.07) is 4.17. The molecule has 0 saturated carbocycles. The molecule has 1 saturated heterocycles. The minimum Gasteiger partial charge on any atom is -0.348 e. The molecule has 9 heteroatoms. The highest BCUT2D eigenvalue weighted by Gasteiger charge is 2.19. The normalized spacial score (nSPS) is 15.9. The van der Waals surface area contributed by atoms with Gasteiger partial charge in [-0.05, 0) is 42.7 Å². The first-order valence-electron chi connectivity index (χ1n) is 10.1. The van der Waals surface area contributed by atoms with Crippen LogP contribution in [0.2, 0.25) is 0 Å². The van der Waals surface area contributed by atoms with Crippen LogP contribution in [0.25, 0.3) is 16.6 Å². The SMILES string of the molecule is CC1=CC(=O)Cc2cc(F)cnc21.Cc1cc(=O)n(CC2OCCO2)c2cc(F)cnc12. The van der Waals surface area contributed by atoms with E-state index in [0.717, 1.165) is 23.0 Å². The summed E-state index contributed by atoms with van der Waals surface area (Å²) >= 11 is 0. The predicted octanol–water partition coefficient (Wildman–Crippen LogP) is 2.97. The van der Waals surface area contributed by atoms with Gasteiger partial charge in [0.25, 0.3) is 5.56 Å². The third-order valence-corrected chi connectivity index (χ3v) is 5.18. The van der Waals surface area contributed by atoms with E-state index >= 15 is 0 Å². The Labute approximate surface area is 182 Å². The molecular weight excluding hydrogens is 420 g/mol. The minimum absolute atomic E-state index is 0.0115. The number of halogens is 2. The van der Waals surface area contributed by atoms with Gasteiger partial charge in [-0.25, -0.2) is 8.78 Å². The molecule has 0 N–H and O–H groups in total. The molecule has 0 radical (unpaired) electrons. The standard InChI is InChI=1S/C13H13FN2O3.C10H8FNO/c1-8-4-11(17)16(7-12-18-2-3-19-12)10-5-9(14)6-15-13(8)10;1-6-2-9(13)4-7-3-8(11)5-12-10(6)7/h4-6,12H,2-3,7H2,1H3;2-3,5H,4H2,1H3. The lowest BCUT2D eigenvalue weighted by Gasteiger charge is -2.14. The fourth-order valence-corrected chi connectivity index (χ4v) is 3.76. The van der Waals surface area contributed by atoms with Crippen LogP contribution in [0.1, 0.15) is 23.7 Å². The number of allylic oxidation sites excluding steroid dienone is 2. The molecule has 32 heavy (non-hydrogen) atoms. The molecule has 3 aromatic heterocycles. The van der Waals surface area contributed by atoms with E-state index in [0.29, 0.717) is 29.8 Å². The van der Waals surface area contributed by atoms with Gasteiger partial charge in [-0.3, -0.25) is 19.6 Å². The maximum absolute atomic E-state index is 13.4. The number of hydrogen-bond donors (Lipinski definition) is 0. The maximum Gasteiger partial charge on any atom is 0.251 e. The van der Waals surface area contributed by atoms with Crippen molar-refractivity contribution < 1.29 is 23.0 Å². The molecule has 0 aromatic carbocycles. The van der Waals surface area contributed by atoms with Gasteiger partial charge in [0, 0.05) is 18.6 Å². The van der Waals surface area contributed by atoms with Gasteiger partial charge in [0.15, 0.2) is 12.1 Å². The van der Waals surface area contributed by atoms with Crippen LogP contribution in [0.5, 0.6) is 0 Å². The Kier molecular flexibility index (Phi) is 6.20. The Morgan fingerprint density at radius 3 is 2.47 bits per heavy atom. The fourth-order valence-electron chi connectivity index (χ4n) is 3.76. The largest absolute Gasteiger partial charge is 0.348 e. The quantitative estimate of drug-likeness (QED) is 0.608. The second-order valence-corrected chi connectivity index (χ2v) is 7.60. The lowest BCUT2D eigenvalue weighted by Crippen LogP contribution is -2.27. The Morgan fingerprint density at radius 2 is 1.72 bits per heavy atom. The Hall–Kier alpha value is -3.30. The Bertz CT molecular complexity index is 1280. The number of carbonyl (C=O) groups excluding carboxylic acids is 1. The van der Waals surface area contributed by atoms with Crippen LogP contribution < -0.4 is 5.56 Å². The second kappa shape index (κ2) is 9.05. The second-order valence-electron chi connectivity index (χ2n) is 7.60. The van der Waals surface area contributed by atoms with Crippen LogP contribution in [0.4, 0.5) is 8.78 Å². The van der Waals surface area contributed by atoms with Gasteiger partial charge < -0.3 is 14.0 Å². The van der Waals surface area contributed by atoms with E-state index in [4.69, 9.17) is 9.47 Å². The van der Waals surface area contributed by atoms with Crippen LogP contribution in [-0.2, 0) is 27.2 Å². The van der Waals surface area contributed by atoms with Gasteiger partial charge >= 0.3 is 0 Å². The molecule has 1 fully saturated rings. The molecule has 4 heterocycles. The number of aromatic nitrogens is 3. The number of hydrogen-bond acceptors (Lipinski definition) is 6. The summed E-state index contributed by atoms with van der Waals surface area (Å²) in [5, 5.41) is 0. The van der Waals surface area contributed by atoms with Gasteiger partial charge in [0.2, 0.25) is 0 Å². The summed E-state index contributed by atoms with van der Waals surface area (Å²) in [5.41, 5.74) is 3.82. The van der Waals surface area contributed by atoms with Gasteiger partial charge in [-0.15, -0.1) is 0 Å². The molecule has 1 aliphatic carbocycles. The van der Waals surface area contributed by atoms with Crippen molar-refractivity contribution in [3.63, 3.8) is 0 Å². The number of fused-ring (bicyclic) bond motifs is 2. The molecule has 3 aromatic rings. The van der Waals surface area contributed by atoms with Gasteiger partial charge in [0.05, 0.1) is 48.9 Å². The molecule has 1 aliphatic heterocycles. The topological polar surface area (TPSA) is 83.3 Å². The summed E-state index contributed by atoms with van der Waals surface area (Å²) in [4.78, 5) is 31.2. The highest BCUT2D eigenvalue weighted by molar-refractivity contribution is 6.00. The van der Waals surface area contributed by atoms with E-state index in [1.807, 2.05) is 0 Å². The third-order valence-electron chi connectivity index (χ3n) is 5.18. The van der Waals surface area contributed by atoms with Crippen molar-refractivity contribution in [2.45, 2.75) is 33.1 Å². The average Bonchev–Trinajstić information content (AvgIpc) is 3.24. The number of ether oxygens (including phenoxy) is 2. The summed E-state index contributed by atoms with van der Waals surface area (Å²) in [5.74, 6) is -0.849. The number of carbonyl (C=O) groups is 1. The first-order chi connectivity index (χ1) is 15.3. The van der Waals surface area contributed by atoms with Crippen molar-refractivity contribution in [1.29, 1.82) is 0 Å². The third kappa shape index (κ3) is 4.63. The predicted molar refractivity (Wildman–Crippen MR) is 113 cm³/mol. The zero-order chi connectivity index (χ0) is 22.8. The van der Waals surface area contributed by atoms with Crippen LogP contribution in [-0.4, -0.2) is 39.8 Å². The van der Waals surface area contributed by atoms with E-state index in [1.54, 1.807) is 19.9 Å². The highest BCUT2D eigenvalue weighted by Crippen LogP contribution is 2.22. The monoisotopic (exact) mass is 441 g/mol. The zero-order valence-corrected chi connectivity index (χ0v) is 17.6. The van der Waals surface area contributed by atoms with Crippen molar-refractivity contribution in [2.75, 3.05) is 13.2 Å². The minimum atomic E-state index is -0.473. The van der Waals surface area contributed by atoms with Gasteiger partial charge in [-0.2, -0.15) is 0 Å². The number of ketones is 1. The molecule has 0 atom stereocenters. The zero-order valence-electron chi connectivity index (χ0n) is 17.6. The summed E-state index contributed by atoms with van der Waals surface area (Å²) in [6.07, 6.45) is 3.66. The summed E-state index contributed by atoms with van der Waals surface area (Å²) < 4.78 is 38.2. The Balaban J connectivity index is 0.000000165. The van der Waals surface area contributed by atoms with Crippen LogP contribution >= 0.6 is 0 Å². The first kappa shape index (κ1) is 21.9. The lowest BCUT2D eigenvalue weighted by atomic mass is 9.96. The number of aryl methyl sites for hydroxylation is 1. The lowest BCUT2D eigenvalue weighted by molar-refractivity contribution is -0.114. The van der Waals surface area contributed by atoms with Gasteiger partial charge in [0.1, 0.15) is 11.6 Å². The molecule has 0 unspecified atom stereocenters. The van der Waals surface area contributed by atoms with E-state index < -0.39 is 12.1 Å². The van der Waals surface area contributed by atoms with Crippen molar-refractivity contribution in [2.24, 2.45) is 0 Å². The molecule has 2 aliphatic rings. The van der Waals surface area contributed by atoms with E-state index in [9.17, 15) is 18.4 Å². The molecule has 0 amide bonds. The molecular formula is C23H21F2N3O4. The van der Waals surface area contributed by atoms with Crippen LogP contribution in [0, 0.1) is 18.6 Å². The van der Waals surface area contributed by atoms with Crippen molar-refractivity contribution in [3.8, 4) is 0 Å². The van der Waals surface area contributed by atoms with Crippen LogP contribution in [0.3, 0.4) is 0 Å². The van der Waals surface area contributed by atoms with E-state index in [1.165, 1.54) is 29.0 Å². The highest BCUT2D eigenvalue weighted by atomic mass is 19.1.